The first-order valence-corrected chi connectivity index (χ1v) is 8.13. The second-order valence-electron chi connectivity index (χ2n) is 5.73. The van der Waals surface area contributed by atoms with E-state index in [1.807, 2.05) is 42.5 Å². The van der Waals surface area contributed by atoms with Crippen LogP contribution >= 0.6 is 0 Å². The Kier molecular flexibility index (Phi) is 4.03. The summed E-state index contributed by atoms with van der Waals surface area (Å²) in [6.07, 6.45) is 5.29. The predicted octanol–water partition coefficient (Wildman–Crippen LogP) is 3.66. The minimum atomic E-state index is -0.165. The normalized spacial score (nSPS) is 11.2. The summed E-state index contributed by atoms with van der Waals surface area (Å²) in [4.78, 5) is 22.0. The fraction of sp³-hybridized carbons (Fsp3) is 0. The molecule has 0 bridgehead atoms. The van der Waals surface area contributed by atoms with Gasteiger partial charge in [0.15, 0.2) is 0 Å². The number of aromatic hydroxyl groups is 1. The molecule has 0 saturated carbocycles. The Morgan fingerprint density at radius 2 is 1.65 bits per heavy atom. The van der Waals surface area contributed by atoms with Gasteiger partial charge in [0.2, 0.25) is 0 Å². The van der Waals surface area contributed by atoms with Gasteiger partial charge in [-0.15, -0.1) is 0 Å². The van der Waals surface area contributed by atoms with E-state index >= 15 is 0 Å². The standard InChI is InChI=1S/C21H15N3O2/c25-17-11-9-16(10-12-17)24-20(13-8-15-5-3-4-14-22-15)23-19-7-2-1-6-18(19)21(24)26/h1-14,25H. The van der Waals surface area contributed by atoms with E-state index in [1.54, 1.807) is 42.6 Å². The highest BCUT2D eigenvalue weighted by Crippen LogP contribution is 2.17. The second-order valence-corrected chi connectivity index (χ2v) is 5.73. The summed E-state index contributed by atoms with van der Waals surface area (Å²) in [6, 6.07) is 19.3. The summed E-state index contributed by atoms with van der Waals surface area (Å²) >= 11 is 0. The van der Waals surface area contributed by atoms with Crippen LogP contribution in [0.15, 0.2) is 77.7 Å². The van der Waals surface area contributed by atoms with Crippen molar-refractivity contribution in [3.8, 4) is 11.4 Å². The van der Waals surface area contributed by atoms with Gasteiger partial charge in [-0.25, -0.2) is 4.98 Å². The van der Waals surface area contributed by atoms with Crippen molar-refractivity contribution in [3.63, 3.8) is 0 Å². The molecule has 0 aliphatic rings. The number of rotatable bonds is 3. The van der Waals surface area contributed by atoms with Crippen molar-refractivity contribution in [3.05, 3.63) is 94.8 Å². The van der Waals surface area contributed by atoms with Gasteiger partial charge < -0.3 is 5.11 Å². The monoisotopic (exact) mass is 341 g/mol. The van der Waals surface area contributed by atoms with E-state index in [2.05, 4.69) is 9.97 Å². The summed E-state index contributed by atoms with van der Waals surface area (Å²) in [6.45, 7) is 0. The van der Waals surface area contributed by atoms with Crippen LogP contribution in [0.2, 0.25) is 0 Å². The van der Waals surface area contributed by atoms with Crippen molar-refractivity contribution in [2.24, 2.45) is 0 Å². The Morgan fingerprint density at radius 1 is 0.885 bits per heavy atom. The molecule has 0 aliphatic heterocycles. The number of hydrogen-bond acceptors (Lipinski definition) is 4. The molecule has 0 atom stereocenters. The molecule has 0 amide bonds. The van der Waals surface area contributed by atoms with Crippen LogP contribution in [0.5, 0.6) is 5.75 Å². The first-order valence-electron chi connectivity index (χ1n) is 8.13. The first kappa shape index (κ1) is 15.8. The van der Waals surface area contributed by atoms with Crippen LogP contribution in [-0.2, 0) is 0 Å². The molecule has 2 aromatic carbocycles. The summed E-state index contributed by atoms with van der Waals surface area (Å²) in [5, 5.41) is 10.1. The number of nitrogens with zero attached hydrogens (tertiary/aromatic N) is 3. The molecule has 4 aromatic rings. The average Bonchev–Trinajstić information content (AvgIpc) is 2.68. The molecule has 0 unspecified atom stereocenters. The summed E-state index contributed by atoms with van der Waals surface area (Å²) in [5.74, 6) is 0.631. The number of fused-ring (bicyclic) bond motifs is 1. The Labute approximate surface area is 149 Å². The summed E-state index contributed by atoms with van der Waals surface area (Å²) in [5.41, 5.74) is 1.87. The van der Waals surface area contributed by atoms with Gasteiger partial charge >= 0.3 is 0 Å². The van der Waals surface area contributed by atoms with Gasteiger partial charge in [0.1, 0.15) is 11.6 Å². The number of hydrogen-bond donors (Lipinski definition) is 1. The number of phenolic OH excluding ortho intramolecular Hbond substituents is 1. The first-order chi connectivity index (χ1) is 12.7. The highest BCUT2D eigenvalue weighted by atomic mass is 16.3. The fourth-order valence-electron chi connectivity index (χ4n) is 2.75. The third kappa shape index (κ3) is 2.98. The van der Waals surface area contributed by atoms with E-state index < -0.39 is 0 Å². The average molecular weight is 341 g/mol. The van der Waals surface area contributed by atoms with Gasteiger partial charge in [0.25, 0.3) is 5.56 Å². The van der Waals surface area contributed by atoms with E-state index in [1.165, 1.54) is 4.57 Å². The van der Waals surface area contributed by atoms with Crippen LogP contribution in [0.4, 0.5) is 0 Å². The minimum absolute atomic E-state index is 0.140. The van der Waals surface area contributed by atoms with Gasteiger partial charge in [-0.3, -0.25) is 14.3 Å². The molecule has 4 rings (SSSR count). The molecule has 1 N–H and O–H groups in total. The van der Waals surface area contributed by atoms with Gasteiger partial charge in [0.05, 0.1) is 22.3 Å². The molecule has 5 nitrogen and oxygen atoms in total. The van der Waals surface area contributed by atoms with Crippen LogP contribution in [0.1, 0.15) is 11.5 Å². The van der Waals surface area contributed by atoms with Gasteiger partial charge in [-0.05, 0) is 60.7 Å². The molecule has 2 aromatic heterocycles. The van der Waals surface area contributed by atoms with Crippen LogP contribution < -0.4 is 5.56 Å². The maximum atomic E-state index is 13.1. The third-order valence-electron chi connectivity index (χ3n) is 4.00. The molecule has 26 heavy (non-hydrogen) atoms. The molecular formula is C21H15N3O2. The quantitative estimate of drug-likeness (QED) is 0.617. The van der Waals surface area contributed by atoms with E-state index in [4.69, 9.17) is 0 Å². The zero-order valence-corrected chi connectivity index (χ0v) is 13.8. The number of benzene rings is 2. The maximum Gasteiger partial charge on any atom is 0.266 e. The van der Waals surface area contributed by atoms with Crippen molar-refractivity contribution in [2.45, 2.75) is 0 Å². The number of phenols is 1. The molecule has 0 fully saturated rings. The molecule has 0 aliphatic carbocycles. The zero-order chi connectivity index (χ0) is 17.9. The molecule has 5 heteroatoms. The molecule has 0 saturated heterocycles. The molecule has 0 radical (unpaired) electrons. The lowest BCUT2D eigenvalue weighted by Crippen LogP contribution is -2.22. The number of pyridine rings is 1. The second kappa shape index (κ2) is 6.64. The SMILES string of the molecule is O=c1c2ccccc2nc(C=Cc2ccccn2)n1-c1ccc(O)cc1. The van der Waals surface area contributed by atoms with E-state index in [-0.39, 0.29) is 11.3 Å². The van der Waals surface area contributed by atoms with Crippen molar-refractivity contribution in [1.29, 1.82) is 0 Å². The van der Waals surface area contributed by atoms with Crippen LogP contribution in [0.3, 0.4) is 0 Å². The highest BCUT2D eigenvalue weighted by molar-refractivity contribution is 5.79. The van der Waals surface area contributed by atoms with E-state index in [9.17, 15) is 9.90 Å². The topological polar surface area (TPSA) is 68.0 Å². The van der Waals surface area contributed by atoms with Crippen molar-refractivity contribution >= 4 is 23.1 Å². The van der Waals surface area contributed by atoms with Gasteiger partial charge in [-0.1, -0.05) is 18.2 Å². The van der Waals surface area contributed by atoms with Gasteiger partial charge in [-0.2, -0.15) is 0 Å². The van der Waals surface area contributed by atoms with Gasteiger partial charge in [0, 0.05) is 6.20 Å². The zero-order valence-electron chi connectivity index (χ0n) is 13.8. The van der Waals surface area contributed by atoms with Crippen LogP contribution in [0.25, 0.3) is 28.7 Å². The predicted molar refractivity (Wildman–Crippen MR) is 102 cm³/mol. The molecule has 0 spiro atoms. The van der Waals surface area contributed by atoms with Crippen LogP contribution in [0, 0.1) is 0 Å². The summed E-state index contributed by atoms with van der Waals surface area (Å²) in [7, 11) is 0. The van der Waals surface area contributed by atoms with Crippen molar-refractivity contribution < 1.29 is 5.11 Å². The van der Waals surface area contributed by atoms with Crippen molar-refractivity contribution in [2.75, 3.05) is 0 Å². The summed E-state index contributed by atoms with van der Waals surface area (Å²) < 4.78 is 1.53. The molecular weight excluding hydrogens is 326 g/mol. The minimum Gasteiger partial charge on any atom is -0.508 e. The van der Waals surface area contributed by atoms with E-state index in [0.717, 1.165) is 5.69 Å². The Balaban J connectivity index is 1.95. The van der Waals surface area contributed by atoms with Crippen LogP contribution in [-0.4, -0.2) is 19.6 Å². The molecule has 2 heterocycles. The molecule has 126 valence electrons. The van der Waals surface area contributed by atoms with E-state index in [0.29, 0.717) is 22.4 Å². The Hall–Kier alpha value is -3.73. The number of aromatic nitrogens is 3. The van der Waals surface area contributed by atoms with Crippen molar-refractivity contribution in [1.82, 2.24) is 14.5 Å². The number of para-hydroxylation sites is 1. The largest absolute Gasteiger partial charge is 0.508 e. The Morgan fingerprint density at radius 3 is 2.42 bits per heavy atom. The Bertz CT molecular complexity index is 1150. The maximum absolute atomic E-state index is 13.1. The lowest BCUT2D eigenvalue weighted by molar-refractivity contribution is 0.475. The lowest BCUT2D eigenvalue weighted by atomic mass is 10.2. The highest BCUT2D eigenvalue weighted by Gasteiger charge is 2.11. The third-order valence-corrected chi connectivity index (χ3v) is 4.00. The fourth-order valence-corrected chi connectivity index (χ4v) is 2.75. The smallest absolute Gasteiger partial charge is 0.266 e. The lowest BCUT2D eigenvalue weighted by Gasteiger charge is -2.11.